The monoisotopic (exact) mass is 824 g/mol. The summed E-state index contributed by atoms with van der Waals surface area (Å²) in [7, 11) is 0. The quantitative estimate of drug-likeness (QED) is 0.162. The number of halogens is 9. The average Bonchev–Trinajstić information content (AvgIpc) is 3.15. The second kappa shape index (κ2) is 16.5. The minimum atomic E-state index is -6.00. The van der Waals surface area contributed by atoms with E-state index in [4.69, 9.17) is 5.41 Å². The third-order valence-electron chi connectivity index (χ3n) is 8.39. The van der Waals surface area contributed by atoms with E-state index < -0.39 is 70.7 Å². The highest BCUT2D eigenvalue weighted by molar-refractivity contribution is 5.97. The smallest absolute Gasteiger partial charge is 0.364 e. The summed E-state index contributed by atoms with van der Waals surface area (Å²) in [5.41, 5.74) is 0.839. The van der Waals surface area contributed by atoms with E-state index in [-0.39, 0.29) is 61.3 Å². The predicted octanol–water partition coefficient (Wildman–Crippen LogP) is 4.01. The van der Waals surface area contributed by atoms with Crippen molar-refractivity contribution in [3.05, 3.63) is 48.0 Å². The molecule has 0 radical (unpaired) electrons. The molecule has 2 unspecified atom stereocenters. The van der Waals surface area contributed by atoms with Crippen LogP contribution in [0, 0.1) is 12.3 Å². The van der Waals surface area contributed by atoms with Crippen molar-refractivity contribution in [2.45, 2.75) is 63.2 Å². The molecule has 1 aliphatic carbocycles. The third-order valence-corrected chi connectivity index (χ3v) is 8.39. The Morgan fingerprint density at radius 3 is 1.95 bits per heavy atom. The van der Waals surface area contributed by atoms with Crippen LogP contribution < -0.4 is 10.2 Å². The molecule has 2 aliphatic rings. The lowest BCUT2D eigenvalue weighted by Gasteiger charge is -2.40. The van der Waals surface area contributed by atoms with Gasteiger partial charge in [-0.2, -0.15) is 44.6 Å². The molecule has 17 nitrogen and oxygen atoms in total. The molecule has 2 aromatic heterocycles. The third kappa shape index (κ3) is 10.1. The number of hydrogen-bond acceptors (Lipinski definition) is 14. The van der Waals surface area contributed by atoms with Crippen LogP contribution in [0.4, 0.5) is 51.3 Å². The lowest BCUT2D eigenvalue weighted by atomic mass is 9.90. The number of aryl methyl sites for hydroxylation is 1. The number of carbonyl (C=O) groups is 4. The van der Waals surface area contributed by atoms with Crippen molar-refractivity contribution < 1.29 is 73.2 Å². The lowest BCUT2D eigenvalue weighted by Crippen LogP contribution is -2.58. The minimum Gasteiger partial charge on any atom is -0.364 e. The number of amides is 1. The SMILES string of the molecule is Cc1ccc2nc(C(=O)N3CCN(c4ncccn4)CC3)nc(NC3CCCCC3N(OC(=O)C(F)(F)F)C(=N)N(OC(=O)C(F)(F)F)OC(=O)C(F)(F)F)c2c1. The van der Waals surface area contributed by atoms with Crippen molar-refractivity contribution >= 4 is 52.4 Å². The van der Waals surface area contributed by atoms with Gasteiger partial charge in [-0.3, -0.25) is 19.9 Å². The van der Waals surface area contributed by atoms with E-state index in [0.717, 1.165) is 0 Å². The summed E-state index contributed by atoms with van der Waals surface area (Å²) < 4.78 is 119. The number of rotatable bonds is 5. The van der Waals surface area contributed by atoms with E-state index in [0.29, 0.717) is 24.6 Å². The molecule has 1 saturated heterocycles. The maximum Gasteiger partial charge on any atom is 0.493 e. The number of anilines is 2. The van der Waals surface area contributed by atoms with Gasteiger partial charge < -0.3 is 20.0 Å². The Kier molecular flexibility index (Phi) is 12.1. The Balaban J connectivity index is 1.49. The Morgan fingerprint density at radius 1 is 0.807 bits per heavy atom. The van der Waals surface area contributed by atoms with Gasteiger partial charge in [-0.1, -0.05) is 24.5 Å². The Hall–Kier alpha value is -6.24. The highest BCUT2D eigenvalue weighted by atomic mass is 19.4. The summed E-state index contributed by atoms with van der Waals surface area (Å²) in [5, 5.41) is 9.59. The fourth-order valence-electron chi connectivity index (χ4n) is 5.74. The van der Waals surface area contributed by atoms with Crippen LogP contribution in [0.1, 0.15) is 41.9 Å². The van der Waals surface area contributed by atoms with Crippen LogP contribution in [0.2, 0.25) is 0 Å². The normalized spacial score (nSPS) is 17.7. The molecule has 5 rings (SSSR count). The maximum atomic E-state index is 13.7. The van der Waals surface area contributed by atoms with Crippen LogP contribution in [0.15, 0.2) is 36.7 Å². The molecule has 0 spiro atoms. The summed E-state index contributed by atoms with van der Waals surface area (Å²) in [5.74, 6) is -12.7. The molecule has 57 heavy (non-hydrogen) atoms. The first-order valence-corrected chi connectivity index (χ1v) is 16.5. The maximum absolute atomic E-state index is 13.7. The van der Waals surface area contributed by atoms with Crippen molar-refractivity contribution in [1.82, 2.24) is 35.1 Å². The highest BCUT2D eigenvalue weighted by Crippen LogP contribution is 2.32. The zero-order valence-electron chi connectivity index (χ0n) is 29.1. The first kappa shape index (κ1) is 41.9. The van der Waals surface area contributed by atoms with Crippen LogP contribution in [0.3, 0.4) is 0 Å². The number of nitrogens with zero attached hydrogens (tertiary/aromatic N) is 8. The van der Waals surface area contributed by atoms with E-state index in [1.165, 1.54) is 11.0 Å². The van der Waals surface area contributed by atoms with Gasteiger partial charge in [0.15, 0.2) is 0 Å². The van der Waals surface area contributed by atoms with Gasteiger partial charge in [0, 0.05) is 49.2 Å². The number of fused-ring (bicyclic) bond motifs is 1. The molecule has 308 valence electrons. The van der Waals surface area contributed by atoms with Gasteiger partial charge in [0.1, 0.15) is 5.82 Å². The fourth-order valence-corrected chi connectivity index (χ4v) is 5.74. The molecule has 1 amide bonds. The number of guanidine groups is 1. The second-order valence-corrected chi connectivity index (χ2v) is 12.4. The van der Waals surface area contributed by atoms with E-state index in [9.17, 15) is 58.7 Å². The van der Waals surface area contributed by atoms with Gasteiger partial charge in [-0.25, -0.2) is 34.3 Å². The van der Waals surface area contributed by atoms with Crippen molar-refractivity contribution in [1.29, 1.82) is 5.41 Å². The van der Waals surface area contributed by atoms with E-state index in [1.54, 1.807) is 37.5 Å². The Labute approximate surface area is 314 Å². The first-order valence-electron chi connectivity index (χ1n) is 16.5. The average molecular weight is 825 g/mol. The standard InChI is InChI=1S/C31H29F9N10O7/c1-16-7-8-18-17(15-16)21(46-22(44-18)23(51)47-11-13-48(14-12-47)28-42-9-4-10-43-28)45-19-5-2-3-6-20(19)49(55-24(52)29(32,33)34)27(41)50(56-25(53)30(35,36)37)57-26(54)31(38,39)40/h4,7-10,15,19-20,41H,2-3,5-6,11-14H2,1H3,(H,44,45,46). The summed E-state index contributed by atoms with van der Waals surface area (Å²) in [4.78, 5) is 81.0. The van der Waals surface area contributed by atoms with Gasteiger partial charge in [-0.05, 0) is 38.0 Å². The predicted molar refractivity (Wildman–Crippen MR) is 172 cm³/mol. The van der Waals surface area contributed by atoms with Gasteiger partial charge in [-0.15, -0.1) is 0 Å². The van der Waals surface area contributed by atoms with Gasteiger partial charge >= 0.3 is 42.4 Å². The molecule has 1 aromatic carbocycles. The summed E-state index contributed by atoms with van der Waals surface area (Å²) in [6.07, 6.45) is -14.9. The highest BCUT2D eigenvalue weighted by Gasteiger charge is 2.51. The zero-order valence-corrected chi connectivity index (χ0v) is 29.1. The molecule has 2 atom stereocenters. The molecule has 3 aromatic rings. The van der Waals surface area contributed by atoms with Crippen LogP contribution in [0.5, 0.6) is 0 Å². The molecule has 1 aliphatic heterocycles. The zero-order chi connectivity index (χ0) is 41.9. The first-order chi connectivity index (χ1) is 26.6. The van der Waals surface area contributed by atoms with Crippen LogP contribution >= 0.6 is 0 Å². The number of carbonyl (C=O) groups excluding carboxylic acids is 4. The molecular weight excluding hydrogens is 795 g/mol. The Morgan fingerprint density at radius 2 is 1.37 bits per heavy atom. The van der Waals surface area contributed by atoms with E-state index in [1.807, 2.05) is 4.90 Å². The summed E-state index contributed by atoms with van der Waals surface area (Å²) in [6, 6.07) is 3.24. The fraction of sp³-hybridized carbons (Fsp3) is 0.452. The lowest BCUT2D eigenvalue weighted by molar-refractivity contribution is -0.326. The van der Waals surface area contributed by atoms with Crippen molar-refractivity contribution in [3.63, 3.8) is 0 Å². The van der Waals surface area contributed by atoms with Crippen molar-refractivity contribution in [3.8, 4) is 0 Å². The van der Waals surface area contributed by atoms with Gasteiger partial charge in [0.05, 0.1) is 17.6 Å². The van der Waals surface area contributed by atoms with Crippen molar-refractivity contribution in [2.75, 3.05) is 36.4 Å². The molecule has 2 N–H and O–H groups in total. The largest absolute Gasteiger partial charge is 0.493 e. The number of hydroxylamine groups is 4. The second-order valence-electron chi connectivity index (χ2n) is 12.4. The summed E-state index contributed by atoms with van der Waals surface area (Å²) >= 11 is 0. The van der Waals surface area contributed by atoms with Crippen molar-refractivity contribution in [2.24, 2.45) is 0 Å². The van der Waals surface area contributed by atoms with Gasteiger partial charge in [0.25, 0.3) is 5.91 Å². The minimum absolute atomic E-state index is 0.0637. The topological polar surface area (TPSA) is 196 Å². The molecule has 26 heteroatoms. The number of benzene rings is 1. The molecule has 0 bridgehead atoms. The van der Waals surface area contributed by atoms with E-state index >= 15 is 0 Å². The molecular formula is C31H29F9N10O7. The number of alkyl halides is 9. The number of hydrogen-bond donors (Lipinski definition) is 2. The molecule has 1 saturated carbocycles. The van der Waals surface area contributed by atoms with Crippen LogP contribution in [-0.4, -0.2) is 122 Å². The van der Waals surface area contributed by atoms with Crippen LogP contribution in [-0.2, 0) is 28.9 Å². The number of nitrogens with one attached hydrogen (secondary N) is 2. The number of aromatic nitrogens is 4. The van der Waals surface area contributed by atoms with Crippen LogP contribution in [0.25, 0.3) is 10.9 Å². The Bertz CT molecular complexity index is 1970. The number of piperazine rings is 1. The van der Waals surface area contributed by atoms with E-state index in [2.05, 4.69) is 39.8 Å². The molecule has 3 heterocycles. The van der Waals surface area contributed by atoms with Gasteiger partial charge in [0.2, 0.25) is 11.8 Å². The summed E-state index contributed by atoms with van der Waals surface area (Å²) in [6.45, 7) is 2.73. The molecule has 2 fully saturated rings.